The Morgan fingerprint density at radius 2 is 2.38 bits per heavy atom. The van der Waals surface area contributed by atoms with Crippen LogP contribution in [-0.2, 0) is 9.53 Å². The normalized spacial score (nSPS) is 11.2. The van der Waals surface area contributed by atoms with Crippen LogP contribution in [0.2, 0.25) is 0 Å². The largest absolute Gasteiger partial charge is 0.369 e. The molecule has 70 valence electrons. The van der Waals surface area contributed by atoms with Crippen LogP contribution in [0.3, 0.4) is 0 Å². The van der Waals surface area contributed by atoms with E-state index in [0.29, 0.717) is 0 Å². The molecule has 0 spiro atoms. The molecule has 0 aliphatic carbocycles. The second-order valence-electron chi connectivity index (χ2n) is 2.63. The molecule has 0 aliphatic heterocycles. The maximum absolute atomic E-state index is 11.0. The van der Waals surface area contributed by atoms with Gasteiger partial charge in [-0.05, 0) is 13.3 Å². The molecule has 0 saturated carbocycles. The molecule has 13 heavy (non-hydrogen) atoms. The highest BCUT2D eigenvalue weighted by molar-refractivity contribution is 6.22. The first kappa shape index (κ1) is 12.1. The highest BCUT2D eigenvalue weighted by Gasteiger charge is 2.02. The number of hydrogen-bond acceptors (Lipinski definition) is 2. The van der Waals surface area contributed by atoms with Gasteiger partial charge in [-0.1, -0.05) is 12.8 Å². The fraction of sp³-hybridized carbons (Fsp3) is 0.667. The number of carbonyl (C=O) groups is 1. The predicted molar refractivity (Wildman–Crippen MR) is 52.2 cm³/mol. The van der Waals surface area contributed by atoms with E-state index in [2.05, 4.69) is 17.1 Å². The summed E-state index contributed by atoms with van der Waals surface area (Å²) in [5.41, 5.74) is 0. The zero-order valence-electron chi connectivity index (χ0n) is 8.09. The summed E-state index contributed by atoms with van der Waals surface area (Å²) >= 11 is 0. The van der Waals surface area contributed by atoms with Crippen molar-refractivity contribution in [3.63, 3.8) is 0 Å². The van der Waals surface area contributed by atoms with Crippen LogP contribution < -0.4 is 5.32 Å². The number of carbonyl (C=O) groups excluding carboxylic acids is 1. The topological polar surface area (TPSA) is 38.3 Å². The minimum absolute atomic E-state index is 0.0846. The monoisotopic (exact) mass is 179 g/mol. The van der Waals surface area contributed by atoms with E-state index in [1.165, 1.54) is 0 Å². The molecular formula is C9H14BNO2. The quantitative estimate of drug-likeness (QED) is 0.478. The lowest BCUT2D eigenvalue weighted by atomic mass is 10.2. The summed E-state index contributed by atoms with van der Waals surface area (Å²) in [5, 5.41) is 2.55. The predicted octanol–water partition coefficient (Wildman–Crippen LogP) is 0.0471. The maximum atomic E-state index is 11.0. The van der Waals surface area contributed by atoms with E-state index in [-0.39, 0.29) is 25.2 Å². The van der Waals surface area contributed by atoms with Crippen molar-refractivity contribution >= 4 is 13.8 Å². The molecule has 0 heterocycles. The lowest BCUT2D eigenvalue weighted by molar-refractivity contribution is -0.127. The molecule has 1 unspecified atom stereocenters. The Morgan fingerprint density at radius 1 is 1.69 bits per heavy atom. The summed E-state index contributed by atoms with van der Waals surface area (Å²) in [5.74, 6) is 4.55. The number of amides is 1. The maximum Gasteiger partial charge on any atom is 0.246 e. The molecule has 0 aromatic carbocycles. The van der Waals surface area contributed by atoms with Crippen molar-refractivity contribution < 1.29 is 9.53 Å². The van der Waals surface area contributed by atoms with Crippen LogP contribution >= 0.6 is 0 Å². The van der Waals surface area contributed by atoms with Crippen molar-refractivity contribution in [2.24, 2.45) is 0 Å². The van der Waals surface area contributed by atoms with Gasteiger partial charge in [0.25, 0.3) is 0 Å². The average molecular weight is 179 g/mol. The fourth-order valence-electron chi connectivity index (χ4n) is 0.581. The van der Waals surface area contributed by atoms with Crippen LogP contribution in [0.5, 0.6) is 0 Å². The molecule has 0 aromatic heterocycles. The van der Waals surface area contributed by atoms with Crippen LogP contribution in [0.25, 0.3) is 0 Å². The first-order valence-electron chi connectivity index (χ1n) is 4.27. The van der Waals surface area contributed by atoms with E-state index in [4.69, 9.17) is 12.6 Å². The van der Waals surface area contributed by atoms with Crippen molar-refractivity contribution in [3.05, 3.63) is 0 Å². The van der Waals surface area contributed by atoms with E-state index in [9.17, 15) is 4.79 Å². The lowest BCUT2D eigenvalue weighted by Crippen LogP contribution is -2.29. The van der Waals surface area contributed by atoms with Gasteiger partial charge >= 0.3 is 0 Å². The van der Waals surface area contributed by atoms with Gasteiger partial charge in [0, 0.05) is 0 Å². The zero-order valence-corrected chi connectivity index (χ0v) is 8.09. The second-order valence-corrected chi connectivity index (χ2v) is 2.63. The van der Waals surface area contributed by atoms with E-state index >= 15 is 0 Å². The molecule has 4 heteroatoms. The van der Waals surface area contributed by atoms with Crippen LogP contribution in [0, 0.1) is 11.7 Å². The summed E-state index contributed by atoms with van der Waals surface area (Å²) in [4.78, 5) is 11.0. The van der Waals surface area contributed by atoms with E-state index in [1.54, 1.807) is 0 Å². The summed E-state index contributed by atoms with van der Waals surface area (Å²) < 4.78 is 5.19. The van der Waals surface area contributed by atoms with Crippen LogP contribution in [0.4, 0.5) is 0 Å². The highest BCUT2D eigenvalue weighted by atomic mass is 16.5. The Bertz CT molecular complexity index is 207. The fourth-order valence-corrected chi connectivity index (χ4v) is 0.581. The molecule has 0 aromatic rings. The summed E-state index contributed by atoms with van der Waals surface area (Å²) in [6.45, 7) is 4.29. The smallest absolute Gasteiger partial charge is 0.246 e. The van der Waals surface area contributed by atoms with Crippen molar-refractivity contribution in [1.29, 1.82) is 0 Å². The van der Waals surface area contributed by atoms with Gasteiger partial charge in [-0.15, -0.1) is 0 Å². The molecule has 1 N–H and O–H groups in total. The molecule has 0 bridgehead atoms. The van der Waals surface area contributed by atoms with Gasteiger partial charge < -0.3 is 10.1 Å². The molecule has 1 amide bonds. The number of rotatable bonds is 5. The van der Waals surface area contributed by atoms with Gasteiger partial charge in [0.1, 0.15) is 6.61 Å². The van der Waals surface area contributed by atoms with Gasteiger partial charge in [-0.2, -0.15) is 5.82 Å². The highest BCUT2D eigenvalue weighted by Crippen LogP contribution is 1.94. The van der Waals surface area contributed by atoms with Crippen LogP contribution in [0.1, 0.15) is 20.3 Å². The third-order valence-electron chi connectivity index (χ3n) is 1.55. The van der Waals surface area contributed by atoms with E-state index < -0.39 is 0 Å². The molecule has 0 saturated heterocycles. The van der Waals surface area contributed by atoms with E-state index in [0.717, 1.165) is 6.42 Å². The van der Waals surface area contributed by atoms with Crippen molar-refractivity contribution in [1.82, 2.24) is 5.32 Å². The van der Waals surface area contributed by atoms with Crippen LogP contribution in [0.15, 0.2) is 0 Å². The third-order valence-corrected chi connectivity index (χ3v) is 1.55. The average Bonchev–Trinajstić information content (AvgIpc) is 2.14. The Morgan fingerprint density at radius 3 is 2.92 bits per heavy atom. The Hall–Kier alpha value is -0.945. The summed E-state index contributed by atoms with van der Waals surface area (Å²) in [7, 11) is 4.91. The first-order chi connectivity index (χ1) is 6.20. The molecule has 1 atom stereocenters. The number of nitrogens with one attached hydrogen (secondary N) is 1. The van der Waals surface area contributed by atoms with Crippen molar-refractivity contribution in [2.75, 3.05) is 13.2 Å². The number of hydrogen-bond donors (Lipinski definition) is 1. The Kier molecular flexibility index (Phi) is 7.13. The van der Waals surface area contributed by atoms with Crippen molar-refractivity contribution in [3.8, 4) is 11.7 Å². The molecule has 0 rings (SSSR count). The third kappa shape index (κ3) is 7.42. The van der Waals surface area contributed by atoms with Gasteiger partial charge in [0.2, 0.25) is 5.91 Å². The van der Waals surface area contributed by atoms with Crippen LogP contribution in [-0.4, -0.2) is 33.0 Å². The SMILES string of the molecule is [B]C#CCNC(=O)COC(C)CC. The van der Waals surface area contributed by atoms with Gasteiger partial charge in [0.15, 0.2) is 7.85 Å². The number of ether oxygens (including phenoxy) is 1. The minimum Gasteiger partial charge on any atom is -0.369 e. The second kappa shape index (κ2) is 7.69. The molecule has 3 nitrogen and oxygen atoms in total. The lowest BCUT2D eigenvalue weighted by Gasteiger charge is -2.09. The Labute approximate surface area is 80.6 Å². The minimum atomic E-state index is -0.164. The standard InChI is InChI=1S/C9H14BNO2/c1-3-8(2)13-7-9(12)11-6-4-5-10/h8H,3,6-7H2,1-2H3,(H,11,12). The summed E-state index contributed by atoms with van der Waals surface area (Å²) in [6.07, 6.45) is 1.02. The van der Waals surface area contributed by atoms with Crippen molar-refractivity contribution in [2.45, 2.75) is 26.4 Å². The molecule has 2 radical (unpaired) electrons. The van der Waals surface area contributed by atoms with Gasteiger partial charge in [-0.25, -0.2) is 0 Å². The van der Waals surface area contributed by atoms with Gasteiger partial charge in [-0.3, -0.25) is 4.79 Å². The molecule has 0 aliphatic rings. The molecular weight excluding hydrogens is 165 g/mol. The summed E-state index contributed by atoms with van der Waals surface area (Å²) in [6, 6.07) is 0. The zero-order chi connectivity index (χ0) is 10.1. The first-order valence-corrected chi connectivity index (χ1v) is 4.27. The molecule has 0 fully saturated rings. The van der Waals surface area contributed by atoms with E-state index in [1.807, 2.05) is 13.8 Å². The van der Waals surface area contributed by atoms with Gasteiger partial charge in [0.05, 0.1) is 12.6 Å². The Balaban J connectivity index is 3.44.